The van der Waals surface area contributed by atoms with E-state index in [1.165, 1.54) is 0 Å². The van der Waals surface area contributed by atoms with E-state index >= 15 is 0 Å². The van der Waals surface area contributed by atoms with Gasteiger partial charge in [-0.1, -0.05) is 0 Å². The Morgan fingerprint density at radius 3 is 2.45 bits per heavy atom. The van der Waals surface area contributed by atoms with E-state index in [-0.39, 0.29) is 5.91 Å². The molecule has 22 heavy (non-hydrogen) atoms. The molecule has 3 rings (SSSR count). The second kappa shape index (κ2) is 6.66. The number of carbonyl (C=O) groups is 1. The van der Waals surface area contributed by atoms with Gasteiger partial charge in [-0.3, -0.25) is 4.79 Å². The van der Waals surface area contributed by atoms with Crippen LogP contribution in [-0.2, 0) is 4.74 Å². The van der Waals surface area contributed by atoms with E-state index in [0.717, 1.165) is 43.1 Å². The lowest BCUT2D eigenvalue weighted by atomic mass is 10.1. The second-order valence-electron chi connectivity index (χ2n) is 5.58. The van der Waals surface area contributed by atoms with Crippen LogP contribution in [0.15, 0.2) is 36.5 Å². The van der Waals surface area contributed by atoms with Crippen LogP contribution in [0.2, 0.25) is 0 Å². The molecule has 116 valence electrons. The van der Waals surface area contributed by atoms with Gasteiger partial charge in [0.2, 0.25) is 0 Å². The Bertz CT molecular complexity index is 628. The number of hydrogen-bond donors (Lipinski definition) is 3. The molecule has 0 aliphatic carbocycles. The zero-order chi connectivity index (χ0) is 15.4. The van der Waals surface area contributed by atoms with Crippen LogP contribution in [0, 0.1) is 6.92 Å². The zero-order valence-electron chi connectivity index (χ0n) is 12.7. The SMILES string of the molecule is Cc1[nH]ccc1C(=O)Nc1ccc(NC2CCOCC2)cc1. The van der Waals surface area contributed by atoms with Crippen molar-refractivity contribution in [1.29, 1.82) is 0 Å². The van der Waals surface area contributed by atoms with Gasteiger partial charge in [-0.05, 0) is 50.1 Å². The van der Waals surface area contributed by atoms with Gasteiger partial charge in [-0.15, -0.1) is 0 Å². The Labute approximate surface area is 130 Å². The number of aromatic nitrogens is 1. The lowest BCUT2D eigenvalue weighted by Gasteiger charge is -2.24. The van der Waals surface area contributed by atoms with E-state index in [1.807, 2.05) is 31.2 Å². The van der Waals surface area contributed by atoms with Crippen LogP contribution in [-0.4, -0.2) is 30.1 Å². The van der Waals surface area contributed by atoms with Crippen LogP contribution in [0.5, 0.6) is 0 Å². The average molecular weight is 299 g/mol. The number of nitrogens with one attached hydrogen (secondary N) is 3. The summed E-state index contributed by atoms with van der Waals surface area (Å²) in [6, 6.07) is 10.1. The number of amides is 1. The summed E-state index contributed by atoms with van der Waals surface area (Å²) in [7, 11) is 0. The molecule has 1 aromatic heterocycles. The van der Waals surface area contributed by atoms with E-state index < -0.39 is 0 Å². The summed E-state index contributed by atoms with van der Waals surface area (Å²) in [6.07, 6.45) is 3.83. The van der Waals surface area contributed by atoms with E-state index in [4.69, 9.17) is 4.74 Å². The molecule has 1 aliphatic rings. The molecule has 1 saturated heterocycles. The van der Waals surface area contributed by atoms with E-state index in [1.54, 1.807) is 12.3 Å². The van der Waals surface area contributed by atoms with Crippen LogP contribution >= 0.6 is 0 Å². The van der Waals surface area contributed by atoms with Gasteiger partial charge >= 0.3 is 0 Å². The van der Waals surface area contributed by atoms with Gasteiger partial charge < -0.3 is 20.4 Å². The van der Waals surface area contributed by atoms with Crippen LogP contribution < -0.4 is 10.6 Å². The third-order valence-corrected chi connectivity index (χ3v) is 3.93. The number of benzene rings is 1. The fraction of sp³-hybridized carbons (Fsp3) is 0.353. The Kier molecular flexibility index (Phi) is 4.44. The number of ether oxygens (including phenoxy) is 1. The predicted molar refractivity (Wildman–Crippen MR) is 87.4 cm³/mol. The molecule has 0 radical (unpaired) electrons. The molecule has 0 saturated carbocycles. The molecule has 0 spiro atoms. The number of aromatic amines is 1. The van der Waals surface area contributed by atoms with Crippen LogP contribution in [0.1, 0.15) is 28.9 Å². The quantitative estimate of drug-likeness (QED) is 0.812. The largest absolute Gasteiger partial charge is 0.382 e. The first-order chi connectivity index (χ1) is 10.7. The van der Waals surface area contributed by atoms with Crippen molar-refractivity contribution in [2.24, 2.45) is 0 Å². The fourth-order valence-corrected chi connectivity index (χ4v) is 2.62. The van der Waals surface area contributed by atoms with Crippen molar-refractivity contribution in [3.05, 3.63) is 47.8 Å². The van der Waals surface area contributed by atoms with Crippen molar-refractivity contribution in [2.45, 2.75) is 25.8 Å². The highest BCUT2D eigenvalue weighted by molar-refractivity contribution is 6.05. The fourth-order valence-electron chi connectivity index (χ4n) is 2.62. The summed E-state index contributed by atoms with van der Waals surface area (Å²) in [5.74, 6) is -0.0936. The maximum atomic E-state index is 12.1. The van der Waals surface area contributed by atoms with Crippen molar-refractivity contribution >= 4 is 17.3 Å². The standard InChI is InChI=1S/C17H21N3O2/c1-12-16(6-9-18-12)17(21)20-14-4-2-13(3-5-14)19-15-7-10-22-11-8-15/h2-6,9,15,18-19H,7-8,10-11H2,1H3,(H,20,21). The summed E-state index contributed by atoms with van der Waals surface area (Å²) in [4.78, 5) is 15.1. The molecule has 5 nitrogen and oxygen atoms in total. The number of H-pyrrole nitrogens is 1. The lowest BCUT2D eigenvalue weighted by Crippen LogP contribution is -2.27. The van der Waals surface area contributed by atoms with E-state index in [9.17, 15) is 4.79 Å². The molecule has 1 amide bonds. The number of rotatable bonds is 4. The van der Waals surface area contributed by atoms with Crippen LogP contribution in [0.4, 0.5) is 11.4 Å². The van der Waals surface area contributed by atoms with Crippen molar-refractivity contribution in [3.63, 3.8) is 0 Å². The molecule has 2 heterocycles. The highest BCUT2D eigenvalue weighted by atomic mass is 16.5. The first-order valence-electron chi connectivity index (χ1n) is 7.62. The second-order valence-corrected chi connectivity index (χ2v) is 5.58. The molecule has 5 heteroatoms. The Morgan fingerprint density at radius 1 is 1.14 bits per heavy atom. The highest BCUT2D eigenvalue weighted by Gasteiger charge is 2.13. The summed E-state index contributed by atoms with van der Waals surface area (Å²) in [6.45, 7) is 3.53. The van der Waals surface area contributed by atoms with Crippen molar-refractivity contribution in [3.8, 4) is 0 Å². The van der Waals surface area contributed by atoms with Crippen LogP contribution in [0.25, 0.3) is 0 Å². The molecule has 0 atom stereocenters. The predicted octanol–water partition coefficient (Wildman–Crippen LogP) is 3.17. The molecular formula is C17H21N3O2. The first-order valence-corrected chi connectivity index (χ1v) is 7.62. The minimum Gasteiger partial charge on any atom is -0.382 e. The van der Waals surface area contributed by atoms with Gasteiger partial charge in [0.05, 0.1) is 5.56 Å². The molecule has 1 aliphatic heterocycles. The number of hydrogen-bond acceptors (Lipinski definition) is 3. The Hall–Kier alpha value is -2.27. The number of carbonyl (C=O) groups excluding carboxylic acids is 1. The van der Waals surface area contributed by atoms with Crippen LogP contribution in [0.3, 0.4) is 0 Å². The van der Waals surface area contributed by atoms with Gasteiger partial charge in [0, 0.05) is 42.5 Å². The molecule has 1 aromatic carbocycles. The molecule has 0 unspecified atom stereocenters. The van der Waals surface area contributed by atoms with Gasteiger partial charge in [0.1, 0.15) is 0 Å². The zero-order valence-corrected chi connectivity index (χ0v) is 12.7. The summed E-state index contributed by atoms with van der Waals surface area (Å²) >= 11 is 0. The monoisotopic (exact) mass is 299 g/mol. The van der Waals surface area contributed by atoms with Gasteiger partial charge in [0.15, 0.2) is 0 Å². The molecule has 2 aromatic rings. The highest BCUT2D eigenvalue weighted by Crippen LogP contribution is 2.18. The van der Waals surface area contributed by atoms with Crippen molar-refractivity contribution in [2.75, 3.05) is 23.8 Å². The Morgan fingerprint density at radius 2 is 1.82 bits per heavy atom. The maximum Gasteiger partial charge on any atom is 0.257 e. The van der Waals surface area contributed by atoms with E-state index in [0.29, 0.717) is 11.6 Å². The molecular weight excluding hydrogens is 278 g/mol. The number of aryl methyl sites for hydroxylation is 1. The van der Waals surface area contributed by atoms with Crippen molar-refractivity contribution in [1.82, 2.24) is 4.98 Å². The van der Waals surface area contributed by atoms with Gasteiger partial charge in [0.25, 0.3) is 5.91 Å². The van der Waals surface area contributed by atoms with Crippen molar-refractivity contribution < 1.29 is 9.53 Å². The molecule has 3 N–H and O–H groups in total. The minimum absolute atomic E-state index is 0.0936. The topological polar surface area (TPSA) is 66.2 Å². The lowest BCUT2D eigenvalue weighted by molar-refractivity contribution is 0.0904. The number of anilines is 2. The maximum absolute atomic E-state index is 12.1. The third kappa shape index (κ3) is 3.49. The molecule has 1 fully saturated rings. The Balaban J connectivity index is 1.59. The average Bonchev–Trinajstić information content (AvgIpc) is 2.96. The van der Waals surface area contributed by atoms with Gasteiger partial charge in [-0.2, -0.15) is 0 Å². The first kappa shape index (κ1) is 14.7. The normalized spacial score (nSPS) is 15.5. The summed E-state index contributed by atoms with van der Waals surface area (Å²) < 4.78 is 5.36. The minimum atomic E-state index is -0.0936. The summed E-state index contributed by atoms with van der Waals surface area (Å²) in [5.41, 5.74) is 3.41. The smallest absolute Gasteiger partial charge is 0.257 e. The summed E-state index contributed by atoms with van der Waals surface area (Å²) in [5, 5.41) is 6.41. The third-order valence-electron chi connectivity index (χ3n) is 3.93. The molecule has 0 bridgehead atoms. The van der Waals surface area contributed by atoms with E-state index in [2.05, 4.69) is 15.6 Å². The van der Waals surface area contributed by atoms with Gasteiger partial charge in [-0.25, -0.2) is 0 Å².